The van der Waals surface area contributed by atoms with Gasteiger partial charge in [-0.2, -0.15) is 4.31 Å². The van der Waals surface area contributed by atoms with E-state index in [1.807, 2.05) is 6.92 Å². The topological polar surface area (TPSA) is 72.6 Å². The number of anilines is 1. The molecular formula is C14H22N2O3S. The minimum absolute atomic E-state index is 0.00936. The van der Waals surface area contributed by atoms with Crippen LogP contribution in [0.5, 0.6) is 0 Å². The fraction of sp³-hybridized carbons (Fsp3) is 0.571. The van der Waals surface area contributed by atoms with E-state index in [1.165, 1.54) is 10.4 Å². The number of benzene rings is 1. The van der Waals surface area contributed by atoms with Gasteiger partial charge in [-0.3, -0.25) is 0 Å². The molecular weight excluding hydrogens is 276 g/mol. The number of sulfonamides is 1. The Morgan fingerprint density at radius 1 is 1.45 bits per heavy atom. The van der Waals surface area contributed by atoms with Gasteiger partial charge in [0, 0.05) is 25.4 Å². The summed E-state index contributed by atoms with van der Waals surface area (Å²) in [5.41, 5.74) is 6.91. The van der Waals surface area contributed by atoms with Crippen molar-refractivity contribution in [1.29, 1.82) is 0 Å². The fourth-order valence-corrected chi connectivity index (χ4v) is 4.30. The molecule has 6 heteroatoms. The molecule has 0 aliphatic carbocycles. The lowest BCUT2D eigenvalue weighted by Gasteiger charge is -2.32. The van der Waals surface area contributed by atoms with Gasteiger partial charge in [0.25, 0.3) is 0 Å². The van der Waals surface area contributed by atoms with Crippen LogP contribution in [-0.4, -0.2) is 38.5 Å². The second-order valence-electron chi connectivity index (χ2n) is 5.11. The lowest BCUT2D eigenvalue weighted by molar-refractivity contribution is 0.0265. The van der Waals surface area contributed by atoms with Crippen LogP contribution in [-0.2, 0) is 14.8 Å². The normalized spacial score (nSPS) is 21.0. The number of hydrogen-bond acceptors (Lipinski definition) is 4. The van der Waals surface area contributed by atoms with Crippen molar-refractivity contribution in [1.82, 2.24) is 4.31 Å². The average molecular weight is 298 g/mol. The predicted octanol–water partition coefficient (Wildman–Crippen LogP) is 1.77. The van der Waals surface area contributed by atoms with E-state index in [9.17, 15) is 8.42 Å². The third kappa shape index (κ3) is 3.13. The van der Waals surface area contributed by atoms with Crippen LogP contribution in [0.1, 0.15) is 25.3 Å². The number of nitrogen functional groups attached to an aromatic ring is 1. The Labute approximate surface area is 120 Å². The molecule has 0 aromatic heterocycles. The predicted molar refractivity (Wildman–Crippen MR) is 79.0 cm³/mol. The molecule has 1 heterocycles. The number of ether oxygens (including phenoxy) is 1. The van der Waals surface area contributed by atoms with Crippen molar-refractivity contribution in [2.45, 2.75) is 37.7 Å². The third-order valence-corrected chi connectivity index (χ3v) is 5.58. The summed E-state index contributed by atoms with van der Waals surface area (Å²) >= 11 is 0. The highest BCUT2D eigenvalue weighted by Gasteiger charge is 2.31. The Kier molecular flexibility index (Phi) is 4.67. The van der Waals surface area contributed by atoms with Gasteiger partial charge in [-0.05, 0) is 44.4 Å². The Morgan fingerprint density at radius 2 is 2.20 bits per heavy atom. The smallest absolute Gasteiger partial charge is 0.243 e. The first kappa shape index (κ1) is 15.3. The highest BCUT2D eigenvalue weighted by atomic mass is 32.2. The summed E-state index contributed by atoms with van der Waals surface area (Å²) in [4.78, 5) is 0.301. The SMILES string of the molecule is CCOC1CCCN(S(=O)(=O)c2cc(N)ccc2C)C1. The van der Waals surface area contributed by atoms with Gasteiger partial charge in [0.1, 0.15) is 0 Å². The number of nitrogens with two attached hydrogens (primary N) is 1. The minimum Gasteiger partial charge on any atom is -0.399 e. The highest BCUT2D eigenvalue weighted by Crippen LogP contribution is 2.25. The van der Waals surface area contributed by atoms with Gasteiger partial charge in [0.05, 0.1) is 11.0 Å². The zero-order valence-electron chi connectivity index (χ0n) is 12.0. The molecule has 1 unspecified atom stereocenters. The van der Waals surface area contributed by atoms with E-state index in [2.05, 4.69) is 0 Å². The Bertz CT molecular complexity index is 570. The number of hydrogen-bond donors (Lipinski definition) is 1. The summed E-state index contributed by atoms with van der Waals surface area (Å²) in [5.74, 6) is 0. The second kappa shape index (κ2) is 6.11. The van der Waals surface area contributed by atoms with Crippen LogP contribution in [0.15, 0.2) is 23.1 Å². The van der Waals surface area contributed by atoms with Crippen LogP contribution in [0.2, 0.25) is 0 Å². The molecule has 2 N–H and O–H groups in total. The lowest BCUT2D eigenvalue weighted by atomic mass is 10.1. The number of rotatable bonds is 4. The van der Waals surface area contributed by atoms with Crippen molar-refractivity contribution in [3.8, 4) is 0 Å². The maximum Gasteiger partial charge on any atom is 0.243 e. The van der Waals surface area contributed by atoms with Crippen LogP contribution in [0.4, 0.5) is 5.69 Å². The summed E-state index contributed by atoms with van der Waals surface area (Å²) in [6, 6.07) is 4.99. The van der Waals surface area contributed by atoms with Gasteiger partial charge in [0.2, 0.25) is 10.0 Å². The summed E-state index contributed by atoms with van der Waals surface area (Å²) in [6.45, 7) is 5.28. The molecule has 1 aliphatic rings. The third-order valence-electron chi connectivity index (χ3n) is 3.57. The first-order chi connectivity index (χ1) is 9.45. The van der Waals surface area contributed by atoms with Crippen molar-refractivity contribution in [2.75, 3.05) is 25.4 Å². The summed E-state index contributed by atoms with van der Waals surface area (Å²) in [7, 11) is -3.49. The van der Waals surface area contributed by atoms with E-state index in [0.29, 0.717) is 30.3 Å². The Balaban J connectivity index is 2.27. The van der Waals surface area contributed by atoms with Crippen LogP contribution in [0.25, 0.3) is 0 Å². The molecule has 2 rings (SSSR count). The highest BCUT2D eigenvalue weighted by molar-refractivity contribution is 7.89. The molecule has 112 valence electrons. The molecule has 0 amide bonds. The van der Waals surface area contributed by atoms with Crippen molar-refractivity contribution < 1.29 is 13.2 Å². The van der Waals surface area contributed by atoms with E-state index in [0.717, 1.165) is 18.4 Å². The molecule has 0 saturated carbocycles. The zero-order chi connectivity index (χ0) is 14.8. The van der Waals surface area contributed by atoms with E-state index >= 15 is 0 Å². The largest absolute Gasteiger partial charge is 0.399 e. The van der Waals surface area contributed by atoms with Crippen molar-refractivity contribution in [2.24, 2.45) is 0 Å². The van der Waals surface area contributed by atoms with Gasteiger partial charge < -0.3 is 10.5 Å². The fourth-order valence-electron chi connectivity index (χ4n) is 2.53. The van der Waals surface area contributed by atoms with E-state index in [1.54, 1.807) is 19.1 Å². The Morgan fingerprint density at radius 3 is 2.90 bits per heavy atom. The van der Waals surface area contributed by atoms with E-state index < -0.39 is 10.0 Å². The summed E-state index contributed by atoms with van der Waals surface area (Å²) < 4.78 is 32.5. The molecule has 5 nitrogen and oxygen atoms in total. The number of nitrogens with zero attached hydrogens (tertiary/aromatic N) is 1. The van der Waals surface area contributed by atoms with E-state index in [4.69, 9.17) is 10.5 Å². The molecule has 20 heavy (non-hydrogen) atoms. The molecule has 1 atom stereocenters. The van der Waals surface area contributed by atoms with Gasteiger partial charge in [-0.1, -0.05) is 6.07 Å². The van der Waals surface area contributed by atoms with E-state index in [-0.39, 0.29) is 6.10 Å². The van der Waals surface area contributed by atoms with Gasteiger partial charge >= 0.3 is 0 Å². The monoisotopic (exact) mass is 298 g/mol. The van der Waals surface area contributed by atoms with Crippen molar-refractivity contribution in [3.63, 3.8) is 0 Å². The maximum atomic E-state index is 12.7. The second-order valence-corrected chi connectivity index (χ2v) is 7.01. The molecule has 1 aromatic carbocycles. The molecule has 1 fully saturated rings. The lowest BCUT2D eigenvalue weighted by Crippen LogP contribution is -2.43. The van der Waals surface area contributed by atoms with Crippen molar-refractivity contribution >= 4 is 15.7 Å². The first-order valence-electron chi connectivity index (χ1n) is 6.93. The minimum atomic E-state index is -3.49. The van der Waals surface area contributed by atoms with Gasteiger partial charge in [-0.25, -0.2) is 8.42 Å². The first-order valence-corrected chi connectivity index (χ1v) is 8.37. The van der Waals surface area contributed by atoms with Crippen molar-refractivity contribution in [3.05, 3.63) is 23.8 Å². The van der Waals surface area contributed by atoms with Crippen LogP contribution in [0.3, 0.4) is 0 Å². The molecule has 1 aromatic rings. The number of piperidine rings is 1. The van der Waals surface area contributed by atoms with Gasteiger partial charge in [0.15, 0.2) is 0 Å². The van der Waals surface area contributed by atoms with Crippen LogP contribution in [0, 0.1) is 6.92 Å². The molecule has 0 bridgehead atoms. The zero-order valence-corrected chi connectivity index (χ0v) is 12.8. The quantitative estimate of drug-likeness (QED) is 0.860. The van der Waals surface area contributed by atoms with Crippen LogP contribution >= 0.6 is 0 Å². The average Bonchev–Trinajstić information content (AvgIpc) is 2.42. The summed E-state index contributed by atoms with van der Waals surface area (Å²) in [5, 5.41) is 0. The molecule has 0 radical (unpaired) electrons. The summed E-state index contributed by atoms with van der Waals surface area (Å²) in [6.07, 6.45) is 1.73. The standard InChI is InChI=1S/C14H22N2O3S/c1-3-19-13-5-4-8-16(10-13)20(17,18)14-9-12(15)7-6-11(14)2/h6-7,9,13H,3-5,8,10,15H2,1-2H3. The van der Waals surface area contributed by atoms with Gasteiger partial charge in [-0.15, -0.1) is 0 Å². The molecule has 1 aliphatic heterocycles. The molecule has 1 saturated heterocycles. The molecule has 0 spiro atoms. The van der Waals surface area contributed by atoms with Crippen LogP contribution < -0.4 is 5.73 Å². The number of aryl methyl sites for hydroxylation is 1. The Hall–Kier alpha value is -1.11. The maximum absolute atomic E-state index is 12.7.